The molecule has 0 saturated heterocycles. The number of nitrogens with zero attached hydrogens (tertiary/aromatic N) is 1. The molecule has 2 aromatic rings. The molecule has 2 aromatic carbocycles. The molecular weight excluding hydrogens is 248 g/mol. The first-order valence-corrected chi connectivity index (χ1v) is 5.82. The van der Waals surface area contributed by atoms with Gasteiger partial charge >= 0.3 is 0 Å². The van der Waals surface area contributed by atoms with Crippen LogP contribution in [0.1, 0.15) is 16.7 Å². The van der Waals surface area contributed by atoms with Gasteiger partial charge in [0.2, 0.25) is 0 Å². The average molecular weight is 261 g/mol. The van der Waals surface area contributed by atoms with Gasteiger partial charge in [-0.3, -0.25) is 0 Å². The Morgan fingerprint density at radius 3 is 2.42 bits per heavy atom. The molecule has 0 amide bonds. The third-order valence-electron chi connectivity index (χ3n) is 2.73. The van der Waals surface area contributed by atoms with E-state index in [0.717, 1.165) is 11.1 Å². The summed E-state index contributed by atoms with van der Waals surface area (Å²) in [7, 11) is 0. The van der Waals surface area contributed by atoms with Crippen molar-refractivity contribution in [1.82, 2.24) is 0 Å². The van der Waals surface area contributed by atoms with Crippen LogP contribution < -0.4 is 0 Å². The minimum atomic E-state index is -0.633. The standard InChI is InChI=1S/C15H13F2NO/c1-11-5-2-3-6-12(11)9-18-19-10-13-14(16)7-4-8-15(13)17/h2-9H,10H2,1H3. The second kappa shape index (κ2) is 6.09. The summed E-state index contributed by atoms with van der Waals surface area (Å²) < 4.78 is 26.6. The fraction of sp³-hybridized carbons (Fsp3) is 0.133. The van der Waals surface area contributed by atoms with E-state index < -0.39 is 11.6 Å². The zero-order valence-corrected chi connectivity index (χ0v) is 10.4. The zero-order chi connectivity index (χ0) is 13.7. The quantitative estimate of drug-likeness (QED) is 0.605. The van der Waals surface area contributed by atoms with Gasteiger partial charge in [0.1, 0.15) is 18.2 Å². The van der Waals surface area contributed by atoms with Gasteiger partial charge in [-0.25, -0.2) is 8.78 Å². The first-order valence-electron chi connectivity index (χ1n) is 5.82. The minimum absolute atomic E-state index is 0.121. The number of oxime groups is 1. The molecule has 0 N–H and O–H groups in total. The van der Waals surface area contributed by atoms with Gasteiger partial charge in [0.15, 0.2) is 0 Å². The minimum Gasteiger partial charge on any atom is -0.391 e. The summed E-state index contributed by atoms with van der Waals surface area (Å²) in [6.45, 7) is 1.71. The molecule has 0 heterocycles. The number of hydrogen-bond acceptors (Lipinski definition) is 2. The largest absolute Gasteiger partial charge is 0.391 e. The lowest BCUT2D eigenvalue weighted by Crippen LogP contribution is -1.97. The maximum absolute atomic E-state index is 13.3. The highest BCUT2D eigenvalue weighted by atomic mass is 19.1. The van der Waals surface area contributed by atoms with E-state index in [4.69, 9.17) is 4.84 Å². The van der Waals surface area contributed by atoms with Gasteiger partial charge in [-0.2, -0.15) is 0 Å². The van der Waals surface area contributed by atoms with Crippen molar-refractivity contribution in [2.24, 2.45) is 5.16 Å². The predicted octanol–water partition coefficient (Wildman–Crippen LogP) is 3.82. The molecule has 98 valence electrons. The number of hydrogen-bond donors (Lipinski definition) is 0. The molecule has 0 radical (unpaired) electrons. The summed E-state index contributed by atoms with van der Waals surface area (Å²) in [6, 6.07) is 11.3. The van der Waals surface area contributed by atoms with Crippen molar-refractivity contribution in [3.05, 3.63) is 70.8 Å². The van der Waals surface area contributed by atoms with Crippen molar-refractivity contribution >= 4 is 6.21 Å². The zero-order valence-electron chi connectivity index (χ0n) is 10.4. The monoisotopic (exact) mass is 261 g/mol. The third-order valence-corrected chi connectivity index (χ3v) is 2.73. The maximum atomic E-state index is 13.3. The van der Waals surface area contributed by atoms with Gasteiger partial charge in [-0.15, -0.1) is 0 Å². The van der Waals surface area contributed by atoms with E-state index in [1.807, 2.05) is 31.2 Å². The van der Waals surface area contributed by atoms with Gasteiger partial charge in [-0.05, 0) is 30.2 Å². The van der Waals surface area contributed by atoms with Crippen molar-refractivity contribution < 1.29 is 13.6 Å². The lowest BCUT2D eigenvalue weighted by molar-refractivity contribution is 0.126. The van der Waals surface area contributed by atoms with Gasteiger partial charge in [-0.1, -0.05) is 35.5 Å². The summed E-state index contributed by atoms with van der Waals surface area (Å²) in [5.41, 5.74) is 1.83. The summed E-state index contributed by atoms with van der Waals surface area (Å²) in [5.74, 6) is -1.27. The number of benzene rings is 2. The summed E-state index contributed by atoms with van der Waals surface area (Å²) >= 11 is 0. The Kier molecular flexibility index (Phi) is 4.23. The van der Waals surface area contributed by atoms with E-state index in [2.05, 4.69) is 5.16 Å². The van der Waals surface area contributed by atoms with E-state index in [1.54, 1.807) is 0 Å². The molecule has 2 rings (SSSR count). The van der Waals surface area contributed by atoms with Gasteiger partial charge in [0.25, 0.3) is 0 Å². The van der Waals surface area contributed by atoms with Crippen LogP contribution in [0.25, 0.3) is 0 Å². The Morgan fingerprint density at radius 1 is 1.05 bits per heavy atom. The van der Waals surface area contributed by atoms with Crippen molar-refractivity contribution in [2.75, 3.05) is 0 Å². The van der Waals surface area contributed by atoms with Crippen molar-refractivity contribution in [1.29, 1.82) is 0 Å². The van der Waals surface area contributed by atoms with E-state index in [1.165, 1.54) is 24.4 Å². The normalized spacial score (nSPS) is 10.9. The molecule has 0 aliphatic rings. The van der Waals surface area contributed by atoms with Crippen molar-refractivity contribution in [3.63, 3.8) is 0 Å². The summed E-state index contributed by atoms with van der Waals surface area (Å²) in [6.07, 6.45) is 1.52. The molecule has 19 heavy (non-hydrogen) atoms. The molecule has 0 bridgehead atoms. The first kappa shape index (κ1) is 13.2. The third kappa shape index (κ3) is 3.37. The van der Waals surface area contributed by atoms with Gasteiger partial charge in [0.05, 0.1) is 11.8 Å². The van der Waals surface area contributed by atoms with Crippen LogP contribution in [-0.4, -0.2) is 6.21 Å². The molecule has 0 aliphatic carbocycles. The Balaban J connectivity index is 1.99. The SMILES string of the molecule is Cc1ccccc1C=NOCc1c(F)cccc1F. The highest BCUT2D eigenvalue weighted by molar-refractivity contribution is 5.81. The highest BCUT2D eigenvalue weighted by Gasteiger charge is 2.08. The fourth-order valence-electron chi connectivity index (χ4n) is 1.60. The summed E-state index contributed by atoms with van der Waals surface area (Å²) in [5, 5.41) is 3.72. The van der Waals surface area contributed by atoms with Crippen LogP contribution in [0.4, 0.5) is 8.78 Å². The van der Waals surface area contributed by atoms with Crippen LogP contribution in [0.2, 0.25) is 0 Å². The topological polar surface area (TPSA) is 21.6 Å². The number of halogens is 2. The first-order chi connectivity index (χ1) is 9.18. The van der Waals surface area contributed by atoms with E-state index in [0.29, 0.717) is 0 Å². The van der Waals surface area contributed by atoms with Crippen LogP contribution in [0, 0.1) is 18.6 Å². The number of aryl methyl sites for hydroxylation is 1. The van der Waals surface area contributed by atoms with Crippen LogP contribution in [0.5, 0.6) is 0 Å². The maximum Gasteiger partial charge on any atom is 0.147 e. The smallest absolute Gasteiger partial charge is 0.147 e. The van der Waals surface area contributed by atoms with E-state index in [-0.39, 0.29) is 12.2 Å². The molecule has 0 unspecified atom stereocenters. The molecule has 0 saturated carbocycles. The Labute approximate surface area is 110 Å². The summed E-state index contributed by atoms with van der Waals surface area (Å²) in [4.78, 5) is 4.93. The second-order valence-electron chi connectivity index (χ2n) is 4.06. The molecule has 0 spiro atoms. The van der Waals surface area contributed by atoms with Crippen molar-refractivity contribution in [2.45, 2.75) is 13.5 Å². The van der Waals surface area contributed by atoms with E-state index >= 15 is 0 Å². The molecule has 0 aromatic heterocycles. The van der Waals surface area contributed by atoms with Crippen LogP contribution in [0.15, 0.2) is 47.6 Å². The lowest BCUT2D eigenvalue weighted by atomic mass is 10.1. The molecule has 0 fully saturated rings. The number of rotatable bonds is 4. The van der Waals surface area contributed by atoms with Crippen LogP contribution in [-0.2, 0) is 11.4 Å². The van der Waals surface area contributed by atoms with Gasteiger partial charge in [0, 0.05) is 0 Å². The van der Waals surface area contributed by atoms with E-state index in [9.17, 15) is 8.78 Å². The molecule has 0 atom stereocenters. The van der Waals surface area contributed by atoms with Crippen molar-refractivity contribution in [3.8, 4) is 0 Å². The Bertz CT molecular complexity index is 576. The average Bonchev–Trinajstić information content (AvgIpc) is 2.39. The fourth-order valence-corrected chi connectivity index (χ4v) is 1.60. The van der Waals surface area contributed by atoms with Gasteiger partial charge < -0.3 is 4.84 Å². The Hall–Kier alpha value is -2.23. The molecule has 4 heteroatoms. The lowest BCUT2D eigenvalue weighted by Gasteiger charge is -2.03. The molecule has 0 aliphatic heterocycles. The Morgan fingerprint density at radius 2 is 1.74 bits per heavy atom. The predicted molar refractivity (Wildman–Crippen MR) is 69.9 cm³/mol. The highest BCUT2D eigenvalue weighted by Crippen LogP contribution is 2.13. The molecular formula is C15H13F2NO. The van der Waals surface area contributed by atoms with Crippen LogP contribution >= 0.6 is 0 Å². The molecule has 2 nitrogen and oxygen atoms in total. The second-order valence-corrected chi connectivity index (χ2v) is 4.06. The van der Waals surface area contributed by atoms with Crippen LogP contribution in [0.3, 0.4) is 0 Å².